The third kappa shape index (κ3) is 2.22. The van der Waals surface area contributed by atoms with Gasteiger partial charge < -0.3 is 14.6 Å². The number of methoxy groups -OCH3 is 2. The Morgan fingerprint density at radius 1 is 1.25 bits per heavy atom. The molecule has 0 heterocycles. The van der Waals surface area contributed by atoms with Crippen LogP contribution in [0.3, 0.4) is 0 Å². The van der Waals surface area contributed by atoms with E-state index in [9.17, 15) is 14.0 Å². The van der Waals surface area contributed by atoms with Crippen LogP contribution in [0.2, 0.25) is 0 Å². The Balaban J connectivity index is 4.60. The number of hydrogen-bond acceptors (Lipinski definition) is 5. The van der Waals surface area contributed by atoms with E-state index in [1.165, 1.54) is 0 Å². The Labute approximate surface area is 67.4 Å². The molecule has 0 aromatic carbocycles. The standard InChI is InChI=1S/C6H7FO5/c1-11-5(9)3(7)4(8)6(10)12-2/h9H,1-2H3/b5-3-. The fraction of sp³-hybridized carbons (Fsp3) is 0.333. The SMILES string of the molecule is COC(=O)C(=O)/C(F)=C(\O)OC. The van der Waals surface area contributed by atoms with Crippen molar-refractivity contribution in [2.45, 2.75) is 0 Å². The lowest BCUT2D eigenvalue weighted by atomic mass is 10.3. The van der Waals surface area contributed by atoms with E-state index in [4.69, 9.17) is 5.11 Å². The molecule has 1 N–H and O–H groups in total. The fourth-order valence-corrected chi connectivity index (χ4v) is 0.369. The number of rotatable bonds is 3. The molecular weight excluding hydrogens is 171 g/mol. The molecule has 0 spiro atoms. The maximum atomic E-state index is 12.5. The van der Waals surface area contributed by atoms with Crippen molar-refractivity contribution in [2.24, 2.45) is 0 Å². The van der Waals surface area contributed by atoms with Crippen molar-refractivity contribution in [3.8, 4) is 0 Å². The Morgan fingerprint density at radius 2 is 1.75 bits per heavy atom. The van der Waals surface area contributed by atoms with Crippen LogP contribution in [0, 0.1) is 0 Å². The molecule has 0 aromatic heterocycles. The second-order valence-corrected chi connectivity index (χ2v) is 1.64. The predicted molar refractivity (Wildman–Crippen MR) is 34.8 cm³/mol. The highest BCUT2D eigenvalue weighted by Gasteiger charge is 2.24. The zero-order valence-corrected chi connectivity index (χ0v) is 6.46. The second-order valence-electron chi connectivity index (χ2n) is 1.64. The molecule has 0 saturated carbocycles. The van der Waals surface area contributed by atoms with E-state index in [1.807, 2.05) is 0 Å². The minimum absolute atomic E-state index is 0.914. The number of esters is 1. The van der Waals surface area contributed by atoms with Crippen LogP contribution in [0.5, 0.6) is 0 Å². The summed E-state index contributed by atoms with van der Waals surface area (Å²) in [4.78, 5) is 20.9. The van der Waals surface area contributed by atoms with Gasteiger partial charge in [-0.15, -0.1) is 0 Å². The van der Waals surface area contributed by atoms with E-state index in [1.54, 1.807) is 0 Å². The lowest BCUT2D eigenvalue weighted by molar-refractivity contribution is -0.150. The summed E-state index contributed by atoms with van der Waals surface area (Å²) in [5.74, 6) is -5.91. The quantitative estimate of drug-likeness (QED) is 0.286. The smallest absolute Gasteiger partial charge is 0.382 e. The van der Waals surface area contributed by atoms with Crippen molar-refractivity contribution in [3.05, 3.63) is 11.8 Å². The lowest BCUT2D eigenvalue weighted by Crippen LogP contribution is -2.17. The van der Waals surface area contributed by atoms with E-state index in [2.05, 4.69) is 9.47 Å². The molecule has 0 unspecified atom stereocenters. The predicted octanol–water partition coefficient (Wildman–Crippen LogP) is 0.0715. The zero-order valence-electron chi connectivity index (χ0n) is 6.46. The Morgan fingerprint density at radius 3 is 2.08 bits per heavy atom. The topological polar surface area (TPSA) is 72.8 Å². The molecule has 68 valence electrons. The van der Waals surface area contributed by atoms with Crippen LogP contribution in [0.4, 0.5) is 4.39 Å². The Bertz CT molecular complexity index is 232. The Kier molecular flexibility index (Phi) is 3.75. The maximum absolute atomic E-state index is 12.5. The van der Waals surface area contributed by atoms with Crippen molar-refractivity contribution in [1.29, 1.82) is 0 Å². The van der Waals surface area contributed by atoms with Gasteiger partial charge in [0.1, 0.15) is 0 Å². The lowest BCUT2D eigenvalue weighted by Gasteiger charge is -1.98. The van der Waals surface area contributed by atoms with Gasteiger partial charge in [-0.2, -0.15) is 4.39 Å². The minimum Gasteiger partial charge on any atom is -0.479 e. The fourth-order valence-electron chi connectivity index (χ4n) is 0.369. The first kappa shape index (κ1) is 10.4. The van der Waals surface area contributed by atoms with Crippen molar-refractivity contribution >= 4 is 11.8 Å². The number of hydrogen-bond donors (Lipinski definition) is 1. The molecule has 0 atom stereocenters. The molecule has 0 saturated heterocycles. The molecular formula is C6H7FO5. The molecule has 0 bridgehead atoms. The van der Waals surface area contributed by atoms with E-state index in [0.29, 0.717) is 0 Å². The number of halogens is 1. The normalized spacial score (nSPS) is 11.6. The molecule has 0 aliphatic carbocycles. The maximum Gasteiger partial charge on any atom is 0.382 e. The van der Waals surface area contributed by atoms with Gasteiger partial charge in [-0.1, -0.05) is 0 Å². The van der Waals surface area contributed by atoms with E-state index in [0.717, 1.165) is 14.2 Å². The van der Waals surface area contributed by atoms with Crippen LogP contribution in [-0.2, 0) is 19.1 Å². The summed E-state index contributed by atoms with van der Waals surface area (Å²) < 4.78 is 20.3. The number of ketones is 1. The van der Waals surface area contributed by atoms with Crippen LogP contribution < -0.4 is 0 Å². The van der Waals surface area contributed by atoms with Crippen molar-refractivity contribution in [1.82, 2.24) is 0 Å². The summed E-state index contributed by atoms with van der Waals surface area (Å²) >= 11 is 0. The van der Waals surface area contributed by atoms with Gasteiger partial charge in [0.15, 0.2) is 0 Å². The first-order chi connectivity index (χ1) is 5.54. The van der Waals surface area contributed by atoms with Crippen molar-refractivity contribution in [3.63, 3.8) is 0 Å². The molecule has 0 aliphatic rings. The van der Waals surface area contributed by atoms with Gasteiger partial charge in [-0.25, -0.2) is 4.79 Å². The van der Waals surface area contributed by atoms with Crippen molar-refractivity contribution in [2.75, 3.05) is 14.2 Å². The first-order valence-corrected chi connectivity index (χ1v) is 2.80. The van der Waals surface area contributed by atoms with Crippen LogP contribution >= 0.6 is 0 Å². The average molecular weight is 178 g/mol. The van der Waals surface area contributed by atoms with Crippen LogP contribution in [-0.4, -0.2) is 31.1 Å². The number of ether oxygens (including phenoxy) is 2. The highest BCUT2D eigenvalue weighted by molar-refractivity contribution is 6.39. The summed E-state index contributed by atoms with van der Waals surface area (Å²) in [6.45, 7) is 0. The van der Waals surface area contributed by atoms with Crippen LogP contribution in [0.1, 0.15) is 0 Å². The molecule has 0 amide bonds. The summed E-state index contributed by atoms with van der Waals surface area (Å²) in [5, 5.41) is 8.50. The molecule has 0 fully saturated rings. The molecule has 12 heavy (non-hydrogen) atoms. The summed E-state index contributed by atoms with van der Waals surface area (Å²) in [6, 6.07) is 0. The van der Waals surface area contributed by atoms with Gasteiger partial charge in [0.2, 0.25) is 0 Å². The molecule has 0 aliphatic heterocycles. The van der Waals surface area contributed by atoms with Gasteiger partial charge in [0, 0.05) is 0 Å². The minimum atomic E-state index is -1.68. The van der Waals surface area contributed by atoms with Crippen molar-refractivity contribution < 1.29 is 28.6 Å². The van der Waals surface area contributed by atoms with Crippen LogP contribution in [0.15, 0.2) is 11.8 Å². The summed E-state index contributed by atoms with van der Waals surface area (Å²) in [6.07, 6.45) is 0. The highest BCUT2D eigenvalue weighted by atomic mass is 19.1. The van der Waals surface area contributed by atoms with E-state index in [-0.39, 0.29) is 0 Å². The zero-order chi connectivity index (χ0) is 9.72. The number of aliphatic hydroxyl groups excluding tert-OH is 1. The third-order valence-electron chi connectivity index (χ3n) is 0.951. The van der Waals surface area contributed by atoms with E-state index < -0.39 is 23.5 Å². The van der Waals surface area contributed by atoms with Crippen LogP contribution in [0.25, 0.3) is 0 Å². The number of carbonyl (C=O) groups is 2. The van der Waals surface area contributed by atoms with Gasteiger partial charge >= 0.3 is 17.7 Å². The van der Waals surface area contributed by atoms with Gasteiger partial charge in [-0.05, 0) is 0 Å². The van der Waals surface area contributed by atoms with Gasteiger partial charge in [-0.3, -0.25) is 4.79 Å². The molecule has 0 rings (SSSR count). The molecule has 0 aromatic rings. The monoisotopic (exact) mass is 178 g/mol. The second kappa shape index (κ2) is 4.32. The van der Waals surface area contributed by atoms with Gasteiger partial charge in [0.25, 0.3) is 5.83 Å². The number of carbonyl (C=O) groups excluding carboxylic acids is 2. The third-order valence-corrected chi connectivity index (χ3v) is 0.951. The molecule has 5 nitrogen and oxygen atoms in total. The summed E-state index contributed by atoms with van der Waals surface area (Å²) in [7, 11) is 1.86. The summed E-state index contributed by atoms with van der Waals surface area (Å²) in [5.41, 5.74) is 0. The molecule has 6 heteroatoms. The largest absolute Gasteiger partial charge is 0.479 e. The number of Topliss-reactive ketones (excluding diaryl/α,β-unsaturated/α-hetero) is 1. The first-order valence-electron chi connectivity index (χ1n) is 2.80. The Hall–Kier alpha value is -1.59. The molecule has 0 radical (unpaired) electrons. The highest BCUT2D eigenvalue weighted by Crippen LogP contribution is 2.05. The number of aliphatic hydroxyl groups is 1. The average Bonchev–Trinajstić information content (AvgIpc) is 2.12. The van der Waals surface area contributed by atoms with E-state index >= 15 is 0 Å². The van der Waals surface area contributed by atoms with Gasteiger partial charge in [0.05, 0.1) is 14.2 Å².